The third-order valence-corrected chi connectivity index (χ3v) is 2.53. The lowest BCUT2D eigenvalue weighted by Gasteiger charge is -2.31. The minimum Gasteiger partial charge on any atom is -0.372 e. The maximum atomic E-state index is 5.75. The van der Waals surface area contributed by atoms with Crippen LogP contribution in [0.1, 0.15) is 26.2 Å². The molecule has 0 amide bonds. The molecule has 0 radical (unpaired) electrons. The summed E-state index contributed by atoms with van der Waals surface area (Å²) in [5, 5.41) is 3.51. The van der Waals surface area contributed by atoms with Gasteiger partial charge in [0.2, 0.25) is 0 Å². The van der Waals surface area contributed by atoms with Crippen molar-refractivity contribution in [2.24, 2.45) is 0 Å². The molecular formula is C8H15NO. The van der Waals surface area contributed by atoms with Gasteiger partial charge in [-0.25, -0.2) is 0 Å². The van der Waals surface area contributed by atoms with Crippen molar-refractivity contribution in [1.29, 1.82) is 0 Å². The summed E-state index contributed by atoms with van der Waals surface area (Å²) in [5.74, 6) is 0. The van der Waals surface area contributed by atoms with E-state index in [1.165, 1.54) is 19.3 Å². The van der Waals surface area contributed by atoms with Gasteiger partial charge in [-0.2, -0.15) is 0 Å². The van der Waals surface area contributed by atoms with Gasteiger partial charge in [0.25, 0.3) is 0 Å². The molecule has 1 saturated heterocycles. The zero-order chi connectivity index (χ0) is 6.97. The van der Waals surface area contributed by atoms with Crippen molar-refractivity contribution in [2.45, 2.75) is 44.4 Å². The van der Waals surface area contributed by atoms with Gasteiger partial charge in [0.1, 0.15) is 0 Å². The third kappa shape index (κ3) is 1.06. The fraction of sp³-hybridized carbons (Fsp3) is 1.00. The number of nitrogens with one attached hydrogen (secondary N) is 1. The van der Waals surface area contributed by atoms with E-state index in [1.54, 1.807) is 0 Å². The van der Waals surface area contributed by atoms with Crippen LogP contribution in [0, 0.1) is 0 Å². The van der Waals surface area contributed by atoms with Gasteiger partial charge in [-0.15, -0.1) is 0 Å². The van der Waals surface area contributed by atoms with Gasteiger partial charge in [0, 0.05) is 12.6 Å². The summed E-state index contributed by atoms with van der Waals surface area (Å²) in [6.45, 7) is 3.18. The number of rotatable bonds is 0. The van der Waals surface area contributed by atoms with Crippen LogP contribution in [0.15, 0.2) is 0 Å². The first-order valence-electron chi connectivity index (χ1n) is 4.25. The van der Waals surface area contributed by atoms with Crippen LogP contribution in [0.2, 0.25) is 0 Å². The number of fused-ring (bicyclic) bond motifs is 1. The van der Waals surface area contributed by atoms with Crippen LogP contribution >= 0.6 is 0 Å². The molecule has 2 heteroatoms. The van der Waals surface area contributed by atoms with Crippen LogP contribution in [0.4, 0.5) is 0 Å². The standard InChI is InChI=1S/C8H15NO/c1-6-5-9-7-3-2-4-8(7)10-6/h6-9H,2-5H2,1H3. The van der Waals surface area contributed by atoms with Gasteiger partial charge in [0.15, 0.2) is 0 Å². The molecule has 0 aromatic rings. The zero-order valence-corrected chi connectivity index (χ0v) is 6.47. The van der Waals surface area contributed by atoms with Crippen molar-refractivity contribution in [3.05, 3.63) is 0 Å². The minimum atomic E-state index is 0.430. The first kappa shape index (κ1) is 6.62. The predicted octanol–water partition coefficient (Wildman–Crippen LogP) is 0.916. The quantitative estimate of drug-likeness (QED) is 0.541. The third-order valence-electron chi connectivity index (χ3n) is 2.53. The molecule has 2 aliphatic rings. The summed E-state index contributed by atoms with van der Waals surface area (Å²) in [4.78, 5) is 0. The Labute approximate surface area is 61.9 Å². The van der Waals surface area contributed by atoms with Gasteiger partial charge in [-0.3, -0.25) is 0 Å². The molecule has 1 heterocycles. The number of morpholine rings is 1. The van der Waals surface area contributed by atoms with Crippen molar-refractivity contribution in [3.63, 3.8) is 0 Å². The van der Waals surface area contributed by atoms with Gasteiger partial charge in [-0.1, -0.05) is 0 Å². The van der Waals surface area contributed by atoms with E-state index in [1.807, 2.05) is 0 Å². The van der Waals surface area contributed by atoms with Gasteiger partial charge in [-0.05, 0) is 26.2 Å². The van der Waals surface area contributed by atoms with E-state index in [0.717, 1.165) is 6.54 Å². The molecule has 2 rings (SSSR count). The molecule has 1 saturated carbocycles. The minimum absolute atomic E-state index is 0.430. The van der Waals surface area contributed by atoms with Crippen molar-refractivity contribution >= 4 is 0 Å². The molecule has 1 aliphatic heterocycles. The molecule has 0 aromatic heterocycles. The molecule has 1 aliphatic carbocycles. The normalized spacial score (nSPS) is 47.1. The lowest BCUT2D eigenvalue weighted by atomic mass is 10.1. The average molecular weight is 141 g/mol. The Kier molecular flexibility index (Phi) is 1.66. The predicted molar refractivity (Wildman–Crippen MR) is 40.0 cm³/mol. The van der Waals surface area contributed by atoms with E-state index < -0.39 is 0 Å². The molecular weight excluding hydrogens is 126 g/mol. The fourth-order valence-electron chi connectivity index (χ4n) is 1.99. The van der Waals surface area contributed by atoms with Gasteiger partial charge < -0.3 is 10.1 Å². The Morgan fingerprint density at radius 2 is 2.30 bits per heavy atom. The highest BCUT2D eigenvalue weighted by Gasteiger charge is 2.32. The Morgan fingerprint density at radius 1 is 1.40 bits per heavy atom. The average Bonchev–Trinajstić information content (AvgIpc) is 2.33. The fourth-order valence-corrected chi connectivity index (χ4v) is 1.99. The van der Waals surface area contributed by atoms with Crippen molar-refractivity contribution < 1.29 is 4.74 Å². The van der Waals surface area contributed by atoms with E-state index in [4.69, 9.17) is 4.74 Å². The van der Waals surface area contributed by atoms with Crippen LogP contribution < -0.4 is 5.32 Å². The maximum Gasteiger partial charge on any atom is 0.0732 e. The lowest BCUT2D eigenvalue weighted by molar-refractivity contribution is -0.0414. The SMILES string of the molecule is CC1CNC2CCCC2O1. The van der Waals surface area contributed by atoms with Crippen molar-refractivity contribution in [3.8, 4) is 0 Å². The van der Waals surface area contributed by atoms with Gasteiger partial charge in [0.05, 0.1) is 12.2 Å². The molecule has 0 bridgehead atoms. The van der Waals surface area contributed by atoms with E-state index in [2.05, 4.69) is 12.2 Å². The second-order valence-corrected chi connectivity index (χ2v) is 3.43. The molecule has 0 spiro atoms. The summed E-state index contributed by atoms with van der Waals surface area (Å²) in [6.07, 6.45) is 4.89. The first-order chi connectivity index (χ1) is 4.86. The Morgan fingerprint density at radius 3 is 3.20 bits per heavy atom. The zero-order valence-electron chi connectivity index (χ0n) is 6.47. The lowest BCUT2D eigenvalue weighted by Crippen LogP contribution is -2.48. The monoisotopic (exact) mass is 141 g/mol. The van der Waals surface area contributed by atoms with Gasteiger partial charge >= 0.3 is 0 Å². The smallest absolute Gasteiger partial charge is 0.0732 e. The number of hydrogen-bond donors (Lipinski definition) is 1. The van der Waals surface area contributed by atoms with E-state index in [9.17, 15) is 0 Å². The molecule has 2 fully saturated rings. The second kappa shape index (κ2) is 2.51. The van der Waals surface area contributed by atoms with Crippen LogP contribution in [-0.4, -0.2) is 24.8 Å². The number of ether oxygens (including phenoxy) is 1. The van der Waals surface area contributed by atoms with E-state index in [-0.39, 0.29) is 0 Å². The van der Waals surface area contributed by atoms with Crippen LogP contribution in [0.3, 0.4) is 0 Å². The molecule has 3 atom stereocenters. The molecule has 2 nitrogen and oxygen atoms in total. The Balaban J connectivity index is 1.96. The molecule has 3 unspecified atom stereocenters. The summed E-state index contributed by atoms with van der Waals surface area (Å²) < 4.78 is 5.75. The highest BCUT2D eigenvalue weighted by Crippen LogP contribution is 2.25. The van der Waals surface area contributed by atoms with Crippen molar-refractivity contribution in [2.75, 3.05) is 6.54 Å². The molecule has 10 heavy (non-hydrogen) atoms. The first-order valence-corrected chi connectivity index (χ1v) is 4.25. The Hall–Kier alpha value is -0.0800. The summed E-state index contributed by atoms with van der Waals surface area (Å²) in [5.41, 5.74) is 0. The highest BCUT2D eigenvalue weighted by atomic mass is 16.5. The van der Waals surface area contributed by atoms with E-state index >= 15 is 0 Å². The van der Waals surface area contributed by atoms with Crippen LogP contribution in [0.25, 0.3) is 0 Å². The summed E-state index contributed by atoms with van der Waals surface area (Å²) in [7, 11) is 0. The van der Waals surface area contributed by atoms with Crippen LogP contribution in [-0.2, 0) is 4.74 Å². The number of hydrogen-bond acceptors (Lipinski definition) is 2. The molecule has 1 N–H and O–H groups in total. The van der Waals surface area contributed by atoms with Crippen LogP contribution in [0.5, 0.6) is 0 Å². The molecule has 0 aromatic carbocycles. The van der Waals surface area contributed by atoms with Crippen molar-refractivity contribution in [1.82, 2.24) is 5.32 Å². The largest absolute Gasteiger partial charge is 0.372 e. The second-order valence-electron chi connectivity index (χ2n) is 3.43. The topological polar surface area (TPSA) is 21.3 Å². The maximum absolute atomic E-state index is 5.75. The molecule has 58 valence electrons. The highest BCUT2D eigenvalue weighted by molar-refractivity contribution is 4.88. The Bertz CT molecular complexity index is 126. The summed E-state index contributed by atoms with van der Waals surface area (Å²) in [6, 6.07) is 0.677. The summed E-state index contributed by atoms with van der Waals surface area (Å²) >= 11 is 0. The van der Waals surface area contributed by atoms with E-state index in [0.29, 0.717) is 18.2 Å².